The Morgan fingerprint density at radius 2 is 2.08 bits per heavy atom. The maximum Gasteiger partial charge on any atom is 0.276 e. The Labute approximate surface area is 162 Å². The zero-order chi connectivity index (χ0) is 18.3. The van der Waals surface area contributed by atoms with Gasteiger partial charge in [-0.3, -0.25) is 15.1 Å². The summed E-state index contributed by atoms with van der Waals surface area (Å²) < 4.78 is 6.24. The lowest BCUT2D eigenvalue weighted by atomic mass is 10.1. The number of hydrogen-bond acceptors (Lipinski definition) is 6. The lowest BCUT2D eigenvalue weighted by Crippen LogP contribution is -2.50. The number of carbonyl (C=O) groups excluding carboxylic acids is 1. The van der Waals surface area contributed by atoms with E-state index in [4.69, 9.17) is 9.73 Å². The molecule has 0 bridgehead atoms. The number of amidine groups is 1. The summed E-state index contributed by atoms with van der Waals surface area (Å²) in [4.78, 5) is 17.6. The molecular weight excluding hydrogens is 416 g/mol. The number of amides is 1. The van der Waals surface area contributed by atoms with E-state index in [1.54, 1.807) is 12.1 Å². The average molecular weight is 431 g/mol. The van der Waals surface area contributed by atoms with Crippen LogP contribution < -0.4 is 20.6 Å². The van der Waals surface area contributed by atoms with Gasteiger partial charge in [-0.1, -0.05) is 45.9 Å². The first-order valence-electron chi connectivity index (χ1n) is 7.86. The Morgan fingerprint density at radius 1 is 1.27 bits per heavy atom. The van der Waals surface area contributed by atoms with E-state index in [0.717, 1.165) is 20.6 Å². The van der Waals surface area contributed by atoms with Crippen molar-refractivity contribution in [3.05, 3.63) is 63.1 Å². The van der Waals surface area contributed by atoms with Crippen molar-refractivity contribution >= 4 is 44.5 Å². The van der Waals surface area contributed by atoms with E-state index in [0.29, 0.717) is 16.6 Å². The highest BCUT2D eigenvalue weighted by molar-refractivity contribution is 9.10. The van der Waals surface area contributed by atoms with Gasteiger partial charge in [-0.2, -0.15) is 0 Å². The number of thioether (sulfide) groups is 1. The van der Waals surface area contributed by atoms with Crippen LogP contribution in [0.1, 0.15) is 11.7 Å². The number of nitrogens with zero attached hydrogens (tertiary/aromatic N) is 3. The Morgan fingerprint density at radius 3 is 2.85 bits per heavy atom. The van der Waals surface area contributed by atoms with Crippen LogP contribution in [-0.4, -0.2) is 29.4 Å². The number of halogens is 1. The number of ether oxygens (including phenoxy) is 1. The molecule has 0 radical (unpaired) electrons. The summed E-state index contributed by atoms with van der Waals surface area (Å²) >= 11 is 4.97. The van der Waals surface area contributed by atoms with Crippen molar-refractivity contribution in [2.45, 2.75) is 6.17 Å². The maximum atomic E-state index is 12.8. The first kappa shape index (κ1) is 17.1. The van der Waals surface area contributed by atoms with Gasteiger partial charge < -0.3 is 4.74 Å². The molecule has 2 aliphatic rings. The Balaban J connectivity index is 2.00. The quantitative estimate of drug-likeness (QED) is 0.790. The summed E-state index contributed by atoms with van der Waals surface area (Å²) in [6, 6.07) is 13.3. The van der Waals surface area contributed by atoms with Crippen LogP contribution in [0.5, 0.6) is 5.75 Å². The van der Waals surface area contributed by atoms with Crippen LogP contribution in [0.4, 0.5) is 0 Å². The smallest absolute Gasteiger partial charge is 0.276 e. The predicted octanol–water partition coefficient (Wildman–Crippen LogP) is 1.96. The molecule has 0 aliphatic carbocycles. The fourth-order valence-corrected chi connectivity index (χ4v) is 3.78. The van der Waals surface area contributed by atoms with Gasteiger partial charge in [0, 0.05) is 15.3 Å². The van der Waals surface area contributed by atoms with Gasteiger partial charge in [0.25, 0.3) is 5.91 Å². The highest BCUT2D eigenvalue weighted by Gasteiger charge is 2.35. The SMILES string of the molecule is COc1ccc(Br)c(C2N=c3ccccc3=C3C(=O)NC(SC)=NN32)c1. The lowest BCUT2D eigenvalue weighted by Gasteiger charge is -2.34. The normalized spacial score (nSPS) is 18.3. The number of benzene rings is 2. The zero-order valence-corrected chi connectivity index (χ0v) is 16.5. The van der Waals surface area contributed by atoms with Gasteiger partial charge >= 0.3 is 0 Å². The maximum absolute atomic E-state index is 12.8. The van der Waals surface area contributed by atoms with Crippen molar-refractivity contribution in [3.63, 3.8) is 0 Å². The van der Waals surface area contributed by atoms with Crippen molar-refractivity contribution in [3.8, 4) is 5.75 Å². The molecule has 8 heteroatoms. The minimum absolute atomic E-state index is 0.185. The summed E-state index contributed by atoms with van der Waals surface area (Å²) in [6.45, 7) is 0. The van der Waals surface area contributed by atoms with Crippen molar-refractivity contribution in [2.24, 2.45) is 10.1 Å². The fourth-order valence-electron chi connectivity index (χ4n) is 2.97. The molecule has 2 heterocycles. The van der Waals surface area contributed by atoms with Gasteiger partial charge in [0.1, 0.15) is 11.4 Å². The summed E-state index contributed by atoms with van der Waals surface area (Å²) in [6.07, 6.45) is 1.40. The molecule has 132 valence electrons. The molecule has 2 aromatic rings. The van der Waals surface area contributed by atoms with Gasteiger partial charge in [0.05, 0.1) is 12.5 Å². The van der Waals surface area contributed by atoms with E-state index >= 15 is 0 Å². The highest BCUT2D eigenvalue weighted by Crippen LogP contribution is 2.36. The number of nitrogens with one attached hydrogen (secondary N) is 1. The van der Waals surface area contributed by atoms with Crippen LogP contribution in [-0.2, 0) is 4.79 Å². The van der Waals surface area contributed by atoms with E-state index in [-0.39, 0.29) is 5.91 Å². The van der Waals surface area contributed by atoms with Crippen molar-refractivity contribution in [1.29, 1.82) is 0 Å². The fraction of sp³-hybridized carbons (Fsp3) is 0.167. The van der Waals surface area contributed by atoms with Crippen molar-refractivity contribution < 1.29 is 9.53 Å². The summed E-state index contributed by atoms with van der Waals surface area (Å²) in [5.74, 6) is 0.532. The van der Waals surface area contributed by atoms with E-state index in [1.165, 1.54) is 11.8 Å². The molecule has 2 aromatic carbocycles. The molecule has 1 unspecified atom stereocenters. The predicted molar refractivity (Wildman–Crippen MR) is 105 cm³/mol. The van der Waals surface area contributed by atoms with Gasteiger partial charge in [0.2, 0.25) is 0 Å². The number of carbonyl (C=O) groups is 1. The molecule has 0 saturated carbocycles. The van der Waals surface area contributed by atoms with Crippen LogP contribution in [0.3, 0.4) is 0 Å². The van der Waals surface area contributed by atoms with E-state index in [2.05, 4.69) is 26.3 Å². The molecule has 2 aliphatic heterocycles. The van der Waals surface area contributed by atoms with Gasteiger partial charge in [0.15, 0.2) is 11.3 Å². The molecule has 26 heavy (non-hydrogen) atoms. The lowest BCUT2D eigenvalue weighted by molar-refractivity contribution is -0.116. The second-order valence-electron chi connectivity index (χ2n) is 5.66. The monoisotopic (exact) mass is 430 g/mol. The van der Waals surface area contributed by atoms with Gasteiger partial charge in [-0.05, 0) is 30.5 Å². The van der Waals surface area contributed by atoms with Crippen LogP contribution in [0.15, 0.2) is 57.0 Å². The Hall–Kier alpha value is -2.32. The third-order valence-corrected chi connectivity index (χ3v) is 5.48. The average Bonchev–Trinajstić information content (AvgIpc) is 2.67. The molecule has 1 atom stereocenters. The third-order valence-electron chi connectivity index (χ3n) is 4.19. The standard InChI is InChI=1S/C18H15BrN4O2S/c1-25-10-7-8-13(19)12(9-10)16-20-14-6-4-3-5-11(14)15-17(24)21-18(26-2)22-23(15)16/h3-9,16H,1-2H3,(H,21,22,24). The molecule has 0 spiro atoms. The molecule has 0 aromatic heterocycles. The molecule has 4 rings (SSSR count). The summed E-state index contributed by atoms with van der Waals surface area (Å²) in [7, 11) is 1.62. The first-order chi connectivity index (χ1) is 12.6. The largest absolute Gasteiger partial charge is 0.497 e. The van der Waals surface area contributed by atoms with E-state index in [9.17, 15) is 4.79 Å². The van der Waals surface area contributed by atoms with Crippen LogP contribution in [0, 0.1) is 0 Å². The minimum atomic E-state index is -0.474. The highest BCUT2D eigenvalue weighted by atomic mass is 79.9. The number of hydrazone groups is 1. The van der Waals surface area contributed by atoms with Crippen LogP contribution >= 0.6 is 27.7 Å². The van der Waals surface area contributed by atoms with Crippen LogP contribution in [0.25, 0.3) is 5.70 Å². The molecule has 0 saturated heterocycles. The van der Waals surface area contributed by atoms with E-state index in [1.807, 2.05) is 48.7 Å². The number of rotatable bonds is 2. The van der Waals surface area contributed by atoms with Gasteiger partial charge in [-0.25, -0.2) is 5.01 Å². The number of para-hydroxylation sites is 1. The van der Waals surface area contributed by atoms with Gasteiger partial charge in [-0.15, -0.1) is 5.10 Å². The molecule has 1 N–H and O–H groups in total. The number of hydrogen-bond donors (Lipinski definition) is 1. The summed E-state index contributed by atoms with van der Waals surface area (Å²) in [5, 5.41) is 11.2. The second-order valence-corrected chi connectivity index (χ2v) is 7.31. The minimum Gasteiger partial charge on any atom is -0.497 e. The molecular formula is C18H15BrN4O2S. The van der Waals surface area contributed by atoms with E-state index < -0.39 is 6.17 Å². The molecule has 0 fully saturated rings. The van der Waals surface area contributed by atoms with Crippen molar-refractivity contribution in [1.82, 2.24) is 10.3 Å². The second kappa shape index (κ2) is 6.77. The van der Waals surface area contributed by atoms with Crippen LogP contribution in [0.2, 0.25) is 0 Å². The number of fused-ring (bicyclic) bond motifs is 2. The number of methoxy groups -OCH3 is 1. The third kappa shape index (κ3) is 2.79. The van der Waals surface area contributed by atoms with Crippen molar-refractivity contribution in [2.75, 3.05) is 13.4 Å². The Bertz CT molecular complexity index is 1050. The summed E-state index contributed by atoms with van der Waals surface area (Å²) in [5.41, 5.74) is 1.36. The molecule has 6 nitrogen and oxygen atoms in total. The molecule has 1 amide bonds. The Kier molecular flexibility index (Phi) is 4.46. The topological polar surface area (TPSA) is 66.3 Å². The zero-order valence-electron chi connectivity index (χ0n) is 14.1. The first-order valence-corrected chi connectivity index (χ1v) is 9.88.